The summed E-state index contributed by atoms with van der Waals surface area (Å²) in [4.78, 5) is 15.8. The summed E-state index contributed by atoms with van der Waals surface area (Å²) in [6.07, 6.45) is 4.71. The quantitative estimate of drug-likeness (QED) is 0.578. The van der Waals surface area contributed by atoms with Crippen molar-refractivity contribution >= 4 is 5.91 Å². The molecule has 2 aromatic carbocycles. The molecule has 0 radical (unpaired) electrons. The topological polar surface area (TPSA) is 59.4 Å². The fourth-order valence-corrected chi connectivity index (χ4v) is 4.52. The maximum Gasteiger partial charge on any atom is 0.270 e. The molecule has 1 atom stereocenters. The minimum absolute atomic E-state index is 0.0778. The number of amides is 1. The maximum absolute atomic E-state index is 13.3. The number of carbonyl (C=O) groups excluding carboxylic acids is 1. The van der Waals surface area contributed by atoms with E-state index in [1.165, 1.54) is 18.4 Å². The van der Waals surface area contributed by atoms with Crippen LogP contribution in [0.2, 0.25) is 0 Å². The molecule has 6 heteroatoms. The van der Waals surface area contributed by atoms with Crippen molar-refractivity contribution in [2.45, 2.75) is 37.6 Å². The van der Waals surface area contributed by atoms with E-state index in [4.69, 9.17) is 9.84 Å². The van der Waals surface area contributed by atoms with Crippen molar-refractivity contribution in [1.82, 2.24) is 20.0 Å². The molecule has 166 valence electrons. The van der Waals surface area contributed by atoms with Crippen LogP contribution >= 0.6 is 0 Å². The van der Waals surface area contributed by atoms with Gasteiger partial charge in [0.15, 0.2) is 0 Å². The van der Waals surface area contributed by atoms with E-state index >= 15 is 0 Å². The highest BCUT2D eigenvalue weighted by Crippen LogP contribution is 2.39. The zero-order valence-corrected chi connectivity index (χ0v) is 18.5. The number of likely N-dealkylation sites (tertiary alicyclic amines) is 1. The van der Waals surface area contributed by atoms with Gasteiger partial charge >= 0.3 is 0 Å². The Balaban J connectivity index is 1.37. The van der Waals surface area contributed by atoms with Crippen molar-refractivity contribution in [2.75, 3.05) is 26.7 Å². The van der Waals surface area contributed by atoms with Gasteiger partial charge in [0.1, 0.15) is 11.4 Å². The van der Waals surface area contributed by atoms with Gasteiger partial charge in [0, 0.05) is 12.5 Å². The standard InChI is InChI=1S/C26H30N4O2/c1-32-22-13-11-20(12-14-22)25(29-15-5-6-16-29)18-27-26(31)24-17-23(19-9-10-19)28-30(24)21-7-3-2-4-8-21/h2-4,7-8,11-14,17,19,25H,5-6,9-10,15-16,18H2,1H3,(H,27,31). The highest BCUT2D eigenvalue weighted by molar-refractivity contribution is 5.93. The van der Waals surface area contributed by atoms with E-state index in [2.05, 4.69) is 22.3 Å². The zero-order chi connectivity index (χ0) is 21.9. The number of nitrogens with zero attached hydrogens (tertiary/aromatic N) is 3. The molecule has 3 aromatic rings. The molecule has 1 aliphatic carbocycles. The summed E-state index contributed by atoms with van der Waals surface area (Å²) in [7, 11) is 1.68. The highest BCUT2D eigenvalue weighted by atomic mass is 16.5. The van der Waals surface area contributed by atoms with Gasteiger partial charge in [-0.3, -0.25) is 9.69 Å². The van der Waals surface area contributed by atoms with Crippen LogP contribution in [0.4, 0.5) is 0 Å². The number of rotatable bonds is 8. The number of aromatic nitrogens is 2. The SMILES string of the molecule is COc1ccc(C(CNC(=O)c2cc(C3CC3)nn2-c2ccccc2)N2CCCC2)cc1. The second kappa shape index (κ2) is 9.17. The Hall–Kier alpha value is -3.12. The predicted molar refractivity (Wildman–Crippen MR) is 124 cm³/mol. The van der Waals surface area contributed by atoms with Gasteiger partial charge in [-0.25, -0.2) is 4.68 Å². The summed E-state index contributed by atoms with van der Waals surface area (Å²) in [5.74, 6) is 1.26. The van der Waals surface area contributed by atoms with E-state index in [1.54, 1.807) is 11.8 Å². The molecule has 0 spiro atoms. The average molecular weight is 431 g/mol. The lowest BCUT2D eigenvalue weighted by molar-refractivity contribution is 0.0930. The van der Waals surface area contributed by atoms with Crippen molar-refractivity contribution in [3.63, 3.8) is 0 Å². The van der Waals surface area contributed by atoms with E-state index in [0.717, 1.165) is 43.1 Å². The molecule has 2 aliphatic rings. The van der Waals surface area contributed by atoms with Crippen molar-refractivity contribution in [1.29, 1.82) is 0 Å². The van der Waals surface area contributed by atoms with E-state index in [9.17, 15) is 4.79 Å². The monoisotopic (exact) mass is 430 g/mol. The van der Waals surface area contributed by atoms with Crippen molar-refractivity contribution in [3.8, 4) is 11.4 Å². The van der Waals surface area contributed by atoms with E-state index < -0.39 is 0 Å². The molecule has 1 amide bonds. The Morgan fingerprint density at radius 1 is 1.09 bits per heavy atom. The molecule has 6 nitrogen and oxygen atoms in total. The molecule has 32 heavy (non-hydrogen) atoms. The number of benzene rings is 2. The van der Waals surface area contributed by atoms with Gasteiger partial charge in [-0.05, 0) is 74.7 Å². The molecule has 5 rings (SSSR count). The molecule has 1 aromatic heterocycles. The van der Waals surface area contributed by atoms with Gasteiger partial charge in [-0.1, -0.05) is 30.3 Å². The van der Waals surface area contributed by atoms with Crippen LogP contribution < -0.4 is 10.1 Å². The number of hydrogen-bond donors (Lipinski definition) is 1. The molecule has 0 bridgehead atoms. The first kappa shape index (κ1) is 20.8. The van der Waals surface area contributed by atoms with E-state index in [1.807, 2.05) is 48.5 Å². The molecule has 1 saturated heterocycles. The molecule has 1 aliphatic heterocycles. The number of hydrogen-bond acceptors (Lipinski definition) is 4. The lowest BCUT2D eigenvalue weighted by atomic mass is 10.1. The first-order valence-corrected chi connectivity index (χ1v) is 11.5. The largest absolute Gasteiger partial charge is 0.497 e. The van der Waals surface area contributed by atoms with Gasteiger partial charge in [0.25, 0.3) is 5.91 Å². The highest BCUT2D eigenvalue weighted by Gasteiger charge is 2.30. The Labute approximate surface area is 189 Å². The van der Waals surface area contributed by atoms with Crippen molar-refractivity contribution < 1.29 is 9.53 Å². The molecule has 1 unspecified atom stereocenters. The third-order valence-electron chi connectivity index (χ3n) is 6.50. The molecular weight excluding hydrogens is 400 g/mol. The summed E-state index contributed by atoms with van der Waals surface area (Å²) in [6.45, 7) is 2.67. The maximum atomic E-state index is 13.3. The van der Waals surface area contributed by atoms with Gasteiger partial charge < -0.3 is 10.1 Å². The van der Waals surface area contributed by atoms with Gasteiger partial charge in [-0.15, -0.1) is 0 Å². The Morgan fingerprint density at radius 2 is 1.81 bits per heavy atom. The predicted octanol–water partition coefficient (Wildman–Crippen LogP) is 4.33. The number of para-hydroxylation sites is 1. The van der Waals surface area contributed by atoms with Crippen LogP contribution in [0.1, 0.15) is 59.4 Å². The summed E-state index contributed by atoms with van der Waals surface area (Å²) in [5.41, 5.74) is 3.73. The minimum Gasteiger partial charge on any atom is -0.497 e. The Kier molecular flexibility index (Phi) is 5.95. The molecular formula is C26H30N4O2. The minimum atomic E-state index is -0.0778. The average Bonchev–Trinajstić information content (AvgIpc) is 3.36. The van der Waals surface area contributed by atoms with Crippen LogP contribution in [0.3, 0.4) is 0 Å². The molecule has 1 N–H and O–H groups in total. The molecule has 1 saturated carbocycles. The summed E-state index contributed by atoms with van der Waals surface area (Å²) in [5, 5.41) is 7.99. The number of carbonyl (C=O) groups is 1. The van der Waals surface area contributed by atoms with E-state index in [-0.39, 0.29) is 11.9 Å². The fraction of sp³-hybridized carbons (Fsp3) is 0.385. The second-order valence-electron chi connectivity index (χ2n) is 8.72. The number of ether oxygens (including phenoxy) is 1. The lowest BCUT2D eigenvalue weighted by Crippen LogP contribution is -2.37. The fourth-order valence-electron chi connectivity index (χ4n) is 4.52. The van der Waals surface area contributed by atoms with Crippen LogP contribution in [-0.2, 0) is 0 Å². The Bertz CT molecular complexity index is 1050. The first-order chi connectivity index (χ1) is 15.7. The number of methoxy groups -OCH3 is 1. The first-order valence-electron chi connectivity index (χ1n) is 11.5. The second-order valence-corrected chi connectivity index (χ2v) is 8.72. The molecule has 2 fully saturated rings. The third kappa shape index (κ3) is 4.41. The normalized spacial score (nSPS) is 17.3. The lowest BCUT2D eigenvalue weighted by Gasteiger charge is -2.28. The Morgan fingerprint density at radius 3 is 2.47 bits per heavy atom. The number of nitrogens with one attached hydrogen (secondary N) is 1. The van der Waals surface area contributed by atoms with Crippen LogP contribution in [0.25, 0.3) is 5.69 Å². The van der Waals surface area contributed by atoms with Crippen LogP contribution in [0, 0.1) is 0 Å². The third-order valence-corrected chi connectivity index (χ3v) is 6.50. The van der Waals surface area contributed by atoms with Crippen LogP contribution in [0.5, 0.6) is 5.75 Å². The van der Waals surface area contributed by atoms with E-state index in [0.29, 0.717) is 18.2 Å². The smallest absolute Gasteiger partial charge is 0.270 e. The molecule has 2 heterocycles. The van der Waals surface area contributed by atoms with Crippen molar-refractivity contribution in [3.05, 3.63) is 77.6 Å². The van der Waals surface area contributed by atoms with Crippen molar-refractivity contribution in [2.24, 2.45) is 0 Å². The summed E-state index contributed by atoms with van der Waals surface area (Å²) >= 11 is 0. The van der Waals surface area contributed by atoms with Gasteiger partial charge in [0.2, 0.25) is 0 Å². The summed E-state index contributed by atoms with van der Waals surface area (Å²) < 4.78 is 7.11. The van der Waals surface area contributed by atoms with Gasteiger partial charge in [-0.2, -0.15) is 5.10 Å². The summed E-state index contributed by atoms with van der Waals surface area (Å²) in [6, 6.07) is 20.2. The zero-order valence-electron chi connectivity index (χ0n) is 18.5. The van der Waals surface area contributed by atoms with Gasteiger partial charge in [0.05, 0.1) is 24.5 Å². The van der Waals surface area contributed by atoms with Crippen LogP contribution in [0.15, 0.2) is 60.7 Å². The van der Waals surface area contributed by atoms with Crippen LogP contribution in [-0.4, -0.2) is 47.3 Å².